The summed E-state index contributed by atoms with van der Waals surface area (Å²) in [6.07, 6.45) is 3.27. The molecule has 136 valence electrons. The molecule has 0 saturated heterocycles. The van der Waals surface area contributed by atoms with Crippen LogP contribution in [-0.2, 0) is 16.6 Å². The third-order valence-corrected chi connectivity index (χ3v) is 5.61. The summed E-state index contributed by atoms with van der Waals surface area (Å²) in [5, 5.41) is 8.60. The van der Waals surface area contributed by atoms with Gasteiger partial charge in [-0.25, -0.2) is 22.5 Å². The quantitative estimate of drug-likeness (QED) is 0.662. The van der Waals surface area contributed by atoms with E-state index >= 15 is 0 Å². The van der Waals surface area contributed by atoms with Crippen LogP contribution in [0.5, 0.6) is 0 Å². The summed E-state index contributed by atoms with van der Waals surface area (Å²) < 4.78 is 29.6. The Hall–Kier alpha value is -2.20. The molecule has 1 aromatic carbocycles. The van der Waals surface area contributed by atoms with Crippen LogP contribution in [-0.4, -0.2) is 34.5 Å². The number of hydrogen-bond acceptors (Lipinski definition) is 5. The first-order valence-electron chi connectivity index (χ1n) is 7.40. The van der Waals surface area contributed by atoms with E-state index in [0.717, 1.165) is 4.68 Å². The molecule has 3 aromatic rings. The van der Waals surface area contributed by atoms with Crippen molar-refractivity contribution in [2.24, 2.45) is 0 Å². The summed E-state index contributed by atoms with van der Waals surface area (Å²) in [5.41, 5.74) is -0.352. The van der Waals surface area contributed by atoms with Crippen molar-refractivity contribution in [3.63, 3.8) is 0 Å². The van der Waals surface area contributed by atoms with Gasteiger partial charge in [0, 0.05) is 25.0 Å². The average molecular weight is 414 g/mol. The Bertz CT molecular complexity index is 1080. The predicted molar refractivity (Wildman–Crippen MR) is 97.3 cm³/mol. The van der Waals surface area contributed by atoms with E-state index in [0.29, 0.717) is 5.82 Å². The lowest BCUT2D eigenvalue weighted by Crippen LogP contribution is -2.32. The number of hydrogen-bond donors (Lipinski definition) is 1. The van der Waals surface area contributed by atoms with E-state index in [1.165, 1.54) is 35.0 Å². The van der Waals surface area contributed by atoms with Crippen molar-refractivity contribution < 1.29 is 8.42 Å². The standard InChI is InChI=1S/C15H13Cl2N5O3S/c16-12-3-2-11(10-13(12)17)26(24,25)19-7-9-22-15(23)5-4-14(20-22)21-8-1-6-18-21/h1-6,8,10,19H,7,9H2. The Morgan fingerprint density at radius 3 is 2.62 bits per heavy atom. The number of nitrogens with zero attached hydrogens (tertiary/aromatic N) is 4. The first-order valence-corrected chi connectivity index (χ1v) is 9.64. The topological polar surface area (TPSA) is 98.9 Å². The lowest BCUT2D eigenvalue weighted by Gasteiger charge is -2.09. The molecule has 0 unspecified atom stereocenters. The van der Waals surface area contributed by atoms with Gasteiger partial charge in [0.05, 0.1) is 21.5 Å². The van der Waals surface area contributed by atoms with Crippen molar-refractivity contribution in [3.8, 4) is 5.82 Å². The van der Waals surface area contributed by atoms with Crippen LogP contribution in [0.4, 0.5) is 0 Å². The molecule has 0 amide bonds. The molecule has 0 aliphatic rings. The van der Waals surface area contributed by atoms with Gasteiger partial charge in [-0.05, 0) is 30.3 Å². The summed E-state index contributed by atoms with van der Waals surface area (Å²) in [7, 11) is -3.79. The molecule has 8 nitrogen and oxygen atoms in total. The molecule has 2 heterocycles. The van der Waals surface area contributed by atoms with E-state index in [-0.39, 0.29) is 33.6 Å². The largest absolute Gasteiger partial charge is 0.268 e. The Morgan fingerprint density at radius 1 is 1.12 bits per heavy atom. The average Bonchev–Trinajstić information content (AvgIpc) is 3.13. The van der Waals surface area contributed by atoms with Crippen LogP contribution in [0.25, 0.3) is 5.82 Å². The molecule has 3 rings (SSSR count). The van der Waals surface area contributed by atoms with Gasteiger partial charge in [0.25, 0.3) is 5.56 Å². The van der Waals surface area contributed by atoms with Gasteiger partial charge in [-0.2, -0.15) is 5.10 Å². The number of benzene rings is 1. The van der Waals surface area contributed by atoms with Crippen molar-refractivity contribution >= 4 is 33.2 Å². The molecular formula is C15H13Cl2N5O3S. The fraction of sp³-hybridized carbons (Fsp3) is 0.133. The van der Waals surface area contributed by atoms with E-state index in [1.807, 2.05) is 0 Å². The van der Waals surface area contributed by atoms with Crippen LogP contribution in [0.3, 0.4) is 0 Å². The van der Waals surface area contributed by atoms with Crippen LogP contribution in [0.15, 0.2) is 58.5 Å². The molecule has 0 fully saturated rings. The third-order valence-electron chi connectivity index (χ3n) is 3.41. The van der Waals surface area contributed by atoms with Gasteiger partial charge in [0.15, 0.2) is 5.82 Å². The Morgan fingerprint density at radius 2 is 1.92 bits per heavy atom. The molecule has 0 aliphatic heterocycles. The predicted octanol–water partition coefficient (Wildman–Crippen LogP) is 1.71. The highest BCUT2D eigenvalue weighted by Crippen LogP contribution is 2.24. The smallest absolute Gasteiger partial charge is 0.266 e. The number of sulfonamides is 1. The van der Waals surface area contributed by atoms with E-state index in [4.69, 9.17) is 23.2 Å². The summed E-state index contributed by atoms with van der Waals surface area (Å²) in [5.74, 6) is 0.446. The van der Waals surface area contributed by atoms with Crippen LogP contribution < -0.4 is 10.3 Å². The Balaban J connectivity index is 1.72. The van der Waals surface area contributed by atoms with Gasteiger partial charge in [-0.3, -0.25) is 4.79 Å². The monoisotopic (exact) mass is 413 g/mol. The number of halogens is 2. The molecule has 26 heavy (non-hydrogen) atoms. The normalized spacial score (nSPS) is 11.6. The molecule has 0 saturated carbocycles. The number of aromatic nitrogens is 4. The zero-order valence-corrected chi connectivity index (χ0v) is 15.5. The number of nitrogens with one attached hydrogen (secondary N) is 1. The van der Waals surface area contributed by atoms with Gasteiger partial charge < -0.3 is 0 Å². The molecule has 0 aliphatic carbocycles. The van der Waals surface area contributed by atoms with Crippen molar-refractivity contribution in [1.82, 2.24) is 24.3 Å². The minimum Gasteiger partial charge on any atom is -0.268 e. The number of rotatable bonds is 6. The van der Waals surface area contributed by atoms with E-state index in [9.17, 15) is 13.2 Å². The van der Waals surface area contributed by atoms with Crippen LogP contribution in [0.1, 0.15) is 0 Å². The fourth-order valence-electron chi connectivity index (χ4n) is 2.14. The minimum absolute atomic E-state index is 0.0162. The minimum atomic E-state index is -3.79. The molecule has 1 N–H and O–H groups in total. The fourth-order valence-corrected chi connectivity index (χ4v) is 3.55. The second-order valence-corrected chi connectivity index (χ2v) is 7.76. The van der Waals surface area contributed by atoms with Gasteiger partial charge in [0.1, 0.15) is 0 Å². The first kappa shape index (κ1) is 18.6. The van der Waals surface area contributed by atoms with Crippen molar-refractivity contribution in [3.05, 3.63) is 69.2 Å². The zero-order valence-electron chi connectivity index (χ0n) is 13.2. The summed E-state index contributed by atoms with van der Waals surface area (Å²) >= 11 is 11.6. The summed E-state index contributed by atoms with van der Waals surface area (Å²) in [6, 6.07) is 8.61. The maximum absolute atomic E-state index is 12.3. The molecule has 0 atom stereocenters. The third kappa shape index (κ3) is 4.13. The van der Waals surface area contributed by atoms with Gasteiger partial charge in [-0.15, -0.1) is 5.10 Å². The molecule has 2 aromatic heterocycles. The van der Waals surface area contributed by atoms with Crippen molar-refractivity contribution in [2.45, 2.75) is 11.4 Å². The van der Waals surface area contributed by atoms with Crippen LogP contribution in [0, 0.1) is 0 Å². The molecule has 0 radical (unpaired) electrons. The maximum Gasteiger partial charge on any atom is 0.266 e. The SMILES string of the molecule is O=c1ccc(-n2cccn2)nn1CCNS(=O)(=O)c1ccc(Cl)c(Cl)c1. The Kier molecular flexibility index (Phi) is 5.42. The highest BCUT2D eigenvalue weighted by Gasteiger charge is 2.15. The van der Waals surface area contributed by atoms with Crippen molar-refractivity contribution in [1.29, 1.82) is 0 Å². The summed E-state index contributed by atoms with van der Waals surface area (Å²) in [6.45, 7) is 0.0204. The van der Waals surface area contributed by atoms with Gasteiger partial charge >= 0.3 is 0 Å². The van der Waals surface area contributed by atoms with Gasteiger partial charge in [-0.1, -0.05) is 23.2 Å². The Labute approximate surface area is 159 Å². The lowest BCUT2D eigenvalue weighted by molar-refractivity contribution is 0.542. The highest BCUT2D eigenvalue weighted by atomic mass is 35.5. The first-order chi connectivity index (χ1) is 12.4. The molecule has 0 spiro atoms. The molecule has 0 bridgehead atoms. The highest BCUT2D eigenvalue weighted by molar-refractivity contribution is 7.89. The summed E-state index contributed by atoms with van der Waals surface area (Å²) in [4.78, 5) is 11.9. The van der Waals surface area contributed by atoms with E-state index in [2.05, 4.69) is 14.9 Å². The van der Waals surface area contributed by atoms with Crippen molar-refractivity contribution in [2.75, 3.05) is 6.54 Å². The van der Waals surface area contributed by atoms with E-state index in [1.54, 1.807) is 18.5 Å². The second kappa shape index (κ2) is 7.58. The van der Waals surface area contributed by atoms with Gasteiger partial charge in [0.2, 0.25) is 10.0 Å². The molecule has 11 heteroatoms. The van der Waals surface area contributed by atoms with E-state index < -0.39 is 10.0 Å². The lowest BCUT2D eigenvalue weighted by atomic mass is 10.4. The van der Waals surface area contributed by atoms with Crippen LogP contribution in [0.2, 0.25) is 10.0 Å². The van der Waals surface area contributed by atoms with Crippen LogP contribution >= 0.6 is 23.2 Å². The zero-order chi connectivity index (χ0) is 18.7. The molecular weight excluding hydrogens is 401 g/mol. The second-order valence-electron chi connectivity index (χ2n) is 5.18. The maximum atomic E-state index is 12.3.